The smallest absolute Gasteiger partial charge is 0.262 e. The first-order valence-electron chi connectivity index (χ1n) is 8.42. The van der Waals surface area contributed by atoms with Crippen LogP contribution in [0.5, 0.6) is 0 Å². The highest BCUT2D eigenvalue weighted by Gasteiger charge is 2.60. The van der Waals surface area contributed by atoms with Gasteiger partial charge in [0.15, 0.2) is 6.10 Å². The van der Waals surface area contributed by atoms with Crippen LogP contribution in [-0.2, 0) is 14.4 Å². The minimum absolute atomic E-state index is 0.139. The highest BCUT2D eigenvalue weighted by atomic mass is 32.1. The fraction of sp³-hybridized carbons (Fsp3) is 0.368. The maximum absolute atomic E-state index is 13.0. The number of thiophene rings is 1. The van der Waals surface area contributed by atoms with Crippen LogP contribution in [0.3, 0.4) is 0 Å². The number of nitrogens with zero attached hydrogens (tertiary/aromatic N) is 2. The lowest BCUT2D eigenvalue weighted by molar-refractivity contribution is -0.145. The molecule has 0 bridgehead atoms. The Balaban J connectivity index is 1.81. The molecule has 5 nitrogen and oxygen atoms in total. The lowest BCUT2D eigenvalue weighted by Gasteiger charge is -2.29. The van der Waals surface area contributed by atoms with Gasteiger partial charge < -0.3 is 0 Å². The lowest BCUT2D eigenvalue weighted by atomic mass is 9.95. The summed E-state index contributed by atoms with van der Waals surface area (Å²) < 4.78 is 0. The SMILES string of the molecule is Cc1ccccc1N1OC2C(=O)N(C(C)C)C(=O)C2C1c1cccs1. The summed E-state index contributed by atoms with van der Waals surface area (Å²) in [5.74, 6) is -0.879. The second-order valence-electron chi connectivity index (χ2n) is 6.76. The van der Waals surface area contributed by atoms with Crippen molar-refractivity contribution >= 4 is 28.8 Å². The highest BCUT2D eigenvalue weighted by Crippen LogP contribution is 2.48. The molecule has 2 aromatic rings. The molecule has 130 valence electrons. The molecule has 3 unspecified atom stereocenters. The molecule has 2 fully saturated rings. The Morgan fingerprint density at radius 1 is 1.08 bits per heavy atom. The van der Waals surface area contributed by atoms with Crippen LogP contribution >= 0.6 is 11.3 Å². The number of hydroxylamine groups is 1. The third-order valence-electron chi connectivity index (χ3n) is 4.85. The number of anilines is 1. The largest absolute Gasteiger partial charge is 0.277 e. The van der Waals surface area contributed by atoms with E-state index in [0.29, 0.717) is 0 Å². The number of carbonyl (C=O) groups is 2. The van der Waals surface area contributed by atoms with Crippen molar-refractivity contribution in [2.75, 3.05) is 5.06 Å². The normalized spacial score (nSPS) is 26.0. The molecule has 1 aromatic carbocycles. The number of carbonyl (C=O) groups excluding carboxylic acids is 2. The molecule has 0 radical (unpaired) electrons. The predicted octanol–water partition coefficient (Wildman–Crippen LogP) is 3.31. The Kier molecular flexibility index (Phi) is 3.89. The van der Waals surface area contributed by atoms with Gasteiger partial charge >= 0.3 is 0 Å². The fourth-order valence-corrected chi connectivity index (χ4v) is 4.57. The van der Waals surface area contributed by atoms with E-state index in [1.807, 2.05) is 62.5 Å². The number of likely N-dealkylation sites (tertiary alicyclic amines) is 1. The topological polar surface area (TPSA) is 49.9 Å². The summed E-state index contributed by atoms with van der Waals surface area (Å²) in [6.45, 7) is 5.72. The Morgan fingerprint density at radius 3 is 2.48 bits per heavy atom. The maximum atomic E-state index is 13.0. The van der Waals surface area contributed by atoms with Crippen LogP contribution in [-0.4, -0.2) is 28.9 Å². The molecule has 2 saturated heterocycles. The minimum atomic E-state index is -0.749. The average molecular weight is 356 g/mol. The van der Waals surface area contributed by atoms with E-state index in [9.17, 15) is 9.59 Å². The van der Waals surface area contributed by atoms with E-state index in [0.717, 1.165) is 16.1 Å². The van der Waals surface area contributed by atoms with Gasteiger partial charge in [0.2, 0.25) is 5.91 Å². The summed E-state index contributed by atoms with van der Waals surface area (Å²) in [6, 6.07) is 11.4. The van der Waals surface area contributed by atoms with Crippen LogP contribution in [0.4, 0.5) is 5.69 Å². The Morgan fingerprint density at radius 2 is 1.84 bits per heavy atom. The predicted molar refractivity (Wildman–Crippen MR) is 96.1 cm³/mol. The molecule has 2 aliphatic rings. The highest BCUT2D eigenvalue weighted by molar-refractivity contribution is 7.10. The van der Waals surface area contributed by atoms with Gasteiger partial charge in [-0.1, -0.05) is 24.3 Å². The number of fused-ring (bicyclic) bond motifs is 1. The number of hydrogen-bond donors (Lipinski definition) is 0. The van der Waals surface area contributed by atoms with Gasteiger partial charge in [-0.05, 0) is 43.8 Å². The van der Waals surface area contributed by atoms with Crippen molar-refractivity contribution in [3.8, 4) is 0 Å². The van der Waals surface area contributed by atoms with E-state index < -0.39 is 12.0 Å². The van der Waals surface area contributed by atoms with Crippen LogP contribution in [0.15, 0.2) is 41.8 Å². The molecule has 2 amide bonds. The summed E-state index contributed by atoms with van der Waals surface area (Å²) in [6.07, 6.45) is -0.749. The molecular weight excluding hydrogens is 336 g/mol. The van der Waals surface area contributed by atoms with Crippen LogP contribution < -0.4 is 5.06 Å². The van der Waals surface area contributed by atoms with Gasteiger partial charge in [-0.2, -0.15) is 0 Å². The molecule has 3 heterocycles. The molecule has 3 atom stereocenters. The van der Waals surface area contributed by atoms with Crippen LogP contribution in [0.1, 0.15) is 30.3 Å². The molecule has 4 rings (SSSR count). The van der Waals surface area contributed by atoms with Crippen molar-refractivity contribution in [1.82, 2.24) is 4.90 Å². The van der Waals surface area contributed by atoms with E-state index in [1.165, 1.54) is 4.90 Å². The third kappa shape index (κ3) is 2.40. The standard InChI is InChI=1S/C19H20N2O3S/c1-11(2)20-18(22)15-16(14-9-6-10-25-14)21(24-17(15)19(20)23)13-8-5-4-7-12(13)3/h4-11,15-17H,1-3H3. The number of imide groups is 1. The molecule has 6 heteroatoms. The van der Waals surface area contributed by atoms with E-state index in [4.69, 9.17) is 4.84 Å². The van der Waals surface area contributed by atoms with Gasteiger partial charge in [0, 0.05) is 10.9 Å². The van der Waals surface area contributed by atoms with E-state index in [2.05, 4.69) is 0 Å². The Bertz CT molecular complexity index is 818. The fourth-order valence-electron chi connectivity index (χ4n) is 3.71. The lowest BCUT2D eigenvalue weighted by Crippen LogP contribution is -2.41. The van der Waals surface area contributed by atoms with Gasteiger partial charge in [-0.3, -0.25) is 19.3 Å². The van der Waals surface area contributed by atoms with Gasteiger partial charge in [0.1, 0.15) is 12.0 Å². The molecular formula is C19H20N2O3S. The first kappa shape index (κ1) is 16.3. The van der Waals surface area contributed by atoms with E-state index >= 15 is 0 Å². The van der Waals surface area contributed by atoms with Gasteiger partial charge in [0.25, 0.3) is 5.91 Å². The van der Waals surface area contributed by atoms with Crippen LogP contribution in [0, 0.1) is 12.8 Å². The maximum Gasteiger partial charge on any atom is 0.262 e. The Hall–Kier alpha value is -2.18. The molecule has 0 aliphatic carbocycles. The summed E-state index contributed by atoms with van der Waals surface area (Å²) in [5, 5.41) is 3.75. The number of aryl methyl sites for hydroxylation is 1. The summed E-state index contributed by atoms with van der Waals surface area (Å²) in [4.78, 5) is 34.2. The monoisotopic (exact) mass is 356 g/mol. The number of rotatable bonds is 3. The zero-order valence-corrected chi connectivity index (χ0v) is 15.2. The molecule has 0 spiro atoms. The van der Waals surface area contributed by atoms with E-state index in [-0.39, 0.29) is 23.9 Å². The second-order valence-corrected chi connectivity index (χ2v) is 7.74. The number of benzene rings is 1. The molecule has 2 aliphatic heterocycles. The zero-order valence-electron chi connectivity index (χ0n) is 14.4. The molecule has 0 N–H and O–H groups in total. The zero-order chi connectivity index (χ0) is 17.7. The van der Waals surface area contributed by atoms with E-state index in [1.54, 1.807) is 16.4 Å². The summed E-state index contributed by atoms with van der Waals surface area (Å²) >= 11 is 1.58. The van der Waals surface area contributed by atoms with Crippen molar-refractivity contribution in [3.05, 3.63) is 52.2 Å². The van der Waals surface area contributed by atoms with Crippen molar-refractivity contribution in [3.63, 3.8) is 0 Å². The first-order chi connectivity index (χ1) is 12.0. The van der Waals surface area contributed by atoms with Crippen LogP contribution in [0.25, 0.3) is 0 Å². The van der Waals surface area contributed by atoms with Crippen molar-refractivity contribution < 1.29 is 14.4 Å². The Labute approximate surface area is 150 Å². The van der Waals surface area contributed by atoms with Crippen molar-refractivity contribution in [1.29, 1.82) is 0 Å². The number of amides is 2. The van der Waals surface area contributed by atoms with Gasteiger partial charge in [-0.15, -0.1) is 11.3 Å². The van der Waals surface area contributed by atoms with Crippen LogP contribution in [0.2, 0.25) is 0 Å². The molecule has 1 aromatic heterocycles. The third-order valence-corrected chi connectivity index (χ3v) is 5.80. The van der Waals surface area contributed by atoms with Gasteiger partial charge in [-0.25, -0.2) is 5.06 Å². The summed E-state index contributed by atoms with van der Waals surface area (Å²) in [7, 11) is 0. The first-order valence-corrected chi connectivity index (χ1v) is 9.30. The second kappa shape index (κ2) is 5.97. The molecule has 0 saturated carbocycles. The number of para-hydroxylation sites is 1. The average Bonchev–Trinajstić information content (AvgIpc) is 3.26. The van der Waals surface area contributed by atoms with Gasteiger partial charge in [0.05, 0.1) is 5.69 Å². The molecule has 25 heavy (non-hydrogen) atoms. The number of hydrogen-bond acceptors (Lipinski definition) is 5. The van der Waals surface area contributed by atoms with Crippen molar-refractivity contribution in [2.45, 2.75) is 39.0 Å². The quantitative estimate of drug-likeness (QED) is 0.792. The summed E-state index contributed by atoms with van der Waals surface area (Å²) in [5.41, 5.74) is 1.94. The minimum Gasteiger partial charge on any atom is -0.277 e. The van der Waals surface area contributed by atoms with Crippen molar-refractivity contribution in [2.24, 2.45) is 5.92 Å².